The third-order valence-corrected chi connectivity index (χ3v) is 5.59. The first-order valence-corrected chi connectivity index (χ1v) is 10.9. The number of nitrogens with zero attached hydrogens (tertiary/aromatic N) is 3. The Morgan fingerprint density at radius 1 is 0.871 bits per heavy atom. The molecule has 4 aromatic rings. The topological polar surface area (TPSA) is 80.8 Å². The van der Waals surface area contributed by atoms with Gasteiger partial charge in [0.15, 0.2) is 5.16 Å². The lowest BCUT2D eigenvalue weighted by Crippen LogP contribution is -2.15. The molecule has 156 valence electrons. The molecule has 1 N–H and O–H groups in total. The maximum Gasteiger partial charge on any atom is 0.316 e. The molecule has 0 saturated heterocycles. The molecule has 0 saturated carbocycles. The largest absolute Gasteiger partial charge is 0.459 e. The first kappa shape index (κ1) is 20.8. The Balaban J connectivity index is 1.33. The Morgan fingerprint density at radius 2 is 1.61 bits per heavy atom. The molecule has 0 aliphatic carbocycles. The predicted molar refractivity (Wildman–Crippen MR) is 121 cm³/mol. The number of aryl methyl sites for hydroxylation is 1. The zero-order valence-electron chi connectivity index (χ0n) is 17.1. The smallest absolute Gasteiger partial charge is 0.316 e. The molecular formula is C24H22N4O2S. The molecule has 2 aromatic heterocycles. The van der Waals surface area contributed by atoms with Crippen LogP contribution in [0.2, 0.25) is 0 Å². The summed E-state index contributed by atoms with van der Waals surface area (Å²) in [5.74, 6) is 0.751. The first-order chi connectivity index (χ1) is 15.2. The zero-order valence-corrected chi connectivity index (χ0v) is 17.9. The molecule has 0 unspecified atom stereocenters. The van der Waals surface area contributed by atoms with Gasteiger partial charge < -0.3 is 9.72 Å². The molecule has 0 atom stereocenters. The average molecular weight is 431 g/mol. The highest BCUT2D eigenvalue weighted by Crippen LogP contribution is 2.18. The van der Waals surface area contributed by atoms with Crippen LogP contribution in [0.1, 0.15) is 27.8 Å². The van der Waals surface area contributed by atoms with Crippen molar-refractivity contribution in [3.05, 3.63) is 111 Å². The highest BCUT2D eigenvalue weighted by Gasteiger charge is 2.07. The van der Waals surface area contributed by atoms with Crippen LogP contribution in [0.4, 0.5) is 0 Å². The lowest BCUT2D eigenvalue weighted by Gasteiger charge is -2.06. The minimum absolute atomic E-state index is 0.147. The quantitative estimate of drug-likeness (QED) is 0.331. The van der Waals surface area contributed by atoms with Gasteiger partial charge >= 0.3 is 6.01 Å². The van der Waals surface area contributed by atoms with Gasteiger partial charge in [-0.05, 0) is 23.6 Å². The summed E-state index contributed by atoms with van der Waals surface area (Å²) >= 11 is 1.51. The van der Waals surface area contributed by atoms with Gasteiger partial charge in [0, 0.05) is 36.3 Å². The molecule has 4 rings (SSSR count). The van der Waals surface area contributed by atoms with E-state index in [1.807, 2.05) is 30.3 Å². The molecule has 0 aliphatic heterocycles. The lowest BCUT2D eigenvalue weighted by molar-refractivity contribution is 0.280. The van der Waals surface area contributed by atoms with Crippen LogP contribution in [-0.4, -0.2) is 19.9 Å². The van der Waals surface area contributed by atoms with Crippen LogP contribution < -0.4 is 10.3 Å². The minimum Gasteiger partial charge on any atom is -0.459 e. The minimum atomic E-state index is -0.147. The van der Waals surface area contributed by atoms with E-state index in [1.54, 1.807) is 18.6 Å². The molecule has 0 aliphatic rings. The number of aromatic nitrogens is 4. The van der Waals surface area contributed by atoms with E-state index in [-0.39, 0.29) is 5.56 Å². The van der Waals surface area contributed by atoms with Gasteiger partial charge in [-0.25, -0.2) is 15.0 Å². The molecule has 0 fully saturated rings. The summed E-state index contributed by atoms with van der Waals surface area (Å²) < 4.78 is 5.60. The number of hydrogen-bond donors (Lipinski definition) is 1. The van der Waals surface area contributed by atoms with Crippen molar-refractivity contribution in [3.8, 4) is 6.01 Å². The zero-order chi connectivity index (χ0) is 21.5. The van der Waals surface area contributed by atoms with Crippen molar-refractivity contribution < 1.29 is 4.74 Å². The fourth-order valence-corrected chi connectivity index (χ4v) is 3.68. The van der Waals surface area contributed by atoms with E-state index >= 15 is 0 Å². The van der Waals surface area contributed by atoms with Crippen molar-refractivity contribution in [3.63, 3.8) is 0 Å². The molecule has 7 heteroatoms. The number of benzene rings is 2. The summed E-state index contributed by atoms with van der Waals surface area (Å²) in [6.07, 6.45) is 5.37. The normalized spacial score (nSPS) is 10.7. The van der Waals surface area contributed by atoms with Crippen LogP contribution in [0.5, 0.6) is 6.01 Å². The van der Waals surface area contributed by atoms with Crippen LogP contribution in [0.25, 0.3) is 0 Å². The molecule has 31 heavy (non-hydrogen) atoms. The van der Waals surface area contributed by atoms with E-state index in [1.165, 1.54) is 22.9 Å². The van der Waals surface area contributed by atoms with Crippen molar-refractivity contribution in [2.24, 2.45) is 0 Å². The molecule has 0 bridgehead atoms. The first-order valence-electron chi connectivity index (χ1n) is 9.90. The van der Waals surface area contributed by atoms with Crippen LogP contribution in [-0.2, 0) is 18.8 Å². The molecule has 0 spiro atoms. The van der Waals surface area contributed by atoms with Gasteiger partial charge in [-0.3, -0.25) is 4.79 Å². The van der Waals surface area contributed by atoms with Gasteiger partial charge in [-0.1, -0.05) is 71.9 Å². The summed E-state index contributed by atoms with van der Waals surface area (Å²) in [5, 5.41) is 0.607. The van der Waals surface area contributed by atoms with Crippen molar-refractivity contribution in [1.29, 1.82) is 0 Å². The average Bonchev–Trinajstić information content (AvgIpc) is 2.80. The number of ether oxygens (including phenoxy) is 1. The van der Waals surface area contributed by atoms with E-state index in [0.717, 1.165) is 16.9 Å². The maximum atomic E-state index is 12.5. The molecule has 2 heterocycles. The number of thioether (sulfide) groups is 1. The second kappa shape index (κ2) is 10.0. The van der Waals surface area contributed by atoms with Crippen LogP contribution in [0, 0.1) is 6.92 Å². The highest BCUT2D eigenvalue weighted by atomic mass is 32.2. The fourth-order valence-electron chi connectivity index (χ4n) is 2.89. The van der Waals surface area contributed by atoms with Gasteiger partial charge in [0.1, 0.15) is 6.61 Å². The summed E-state index contributed by atoms with van der Waals surface area (Å²) in [7, 11) is 0. The van der Waals surface area contributed by atoms with Gasteiger partial charge in [0.2, 0.25) is 0 Å². The Hall–Kier alpha value is -3.45. The molecular weight excluding hydrogens is 408 g/mol. The highest BCUT2D eigenvalue weighted by molar-refractivity contribution is 7.98. The van der Waals surface area contributed by atoms with E-state index in [9.17, 15) is 4.79 Å². The maximum absolute atomic E-state index is 12.5. The SMILES string of the molecule is Cc1ccc(CSc2ncc(Cc3cnc(OCc4ccccc4)nc3)c(=O)[nH]2)cc1. The van der Waals surface area contributed by atoms with Crippen molar-refractivity contribution >= 4 is 11.8 Å². The summed E-state index contributed by atoms with van der Waals surface area (Å²) in [6, 6.07) is 18.5. The van der Waals surface area contributed by atoms with Crippen molar-refractivity contribution in [2.75, 3.05) is 0 Å². The predicted octanol–water partition coefficient (Wildman–Crippen LogP) is 4.33. The Morgan fingerprint density at radius 3 is 2.32 bits per heavy atom. The molecule has 2 aromatic carbocycles. The van der Waals surface area contributed by atoms with Crippen LogP contribution in [0.3, 0.4) is 0 Å². The van der Waals surface area contributed by atoms with Gasteiger partial charge in [0.05, 0.1) is 0 Å². The van der Waals surface area contributed by atoms with Crippen LogP contribution in [0.15, 0.2) is 83.1 Å². The van der Waals surface area contributed by atoms with Crippen LogP contribution >= 0.6 is 11.8 Å². The van der Waals surface area contributed by atoms with E-state index in [4.69, 9.17) is 4.74 Å². The molecule has 0 amide bonds. The number of nitrogens with one attached hydrogen (secondary N) is 1. The monoisotopic (exact) mass is 430 g/mol. The van der Waals surface area contributed by atoms with E-state index in [2.05, 4.69) is 51.1 Å². The summed E-state index contributed by atoms with van der Waals surface area (Å²) in [5.41, 5.74) is 4.71. The van der Waals surface area contributed by atoms with Gasteiger partial charge in [0.25, 0.3) is 5.56 Å². The fraction of sp³-hybridized carbons (Fsp3) is 0.167. The van der Waals surface area contributed by atoms with Crippen molar-refractivity contribution in [1.82, 2.24) is 19.9 Å². The Labute approximate surface area is 184 Å². The Kier molecular flexibility index (Phi) is 6.74. The van der Waals surface area contributed by atoms with Gasteiger partial charge in [-0.15, -0.1) is 0 Å². The second-order valence-corrected chi connectivity index (χ2v) is 8.11. The number of rotatable bonds is 8. The van der Waals surface area contributed by atoms with E-state index < -0.39 is 0 Å². The van der Waals surface area contributed by atoms with Crippen molar-refractivity contribution in [2.45, 2.75) is 30.9 Å². The summed E-state index contributed by atoms with van der Waals surface area (Å²) in [6.45, 7) is 2.47. The Bertz CT molecular complexity index is 1180. The second-order valence-electron chi connectivity index (χ2n) is 7.14. The van der Waals surface area contributed by atoms with E-state index in [0.29, 0.717) is 29.8 Å². The number of H-pyrrole nitrogens is 1. The third kappa shape index (κ3) is 6.02. The standard InChI is InChI=1S/C24H22N4O2S/c1-17-7-9-19(10-8-17)16-31-24-27-14-21(22(29)28-24)11-20-12-25-23(26-13-20)30-15-18-5-3-2-4-6-18/h2-10,12-14H,11,15-16H2,1H3,(H,27,28,29). The molecule has 6 nitrogen and oxygen atoms in total. The molecule has 0 radical (unpaired) electrons. The number of aromatic amines is 1. The number of hydrogen-bond acceptors (Lipinski definition) is 6. The summed E-state index contributed by atoms with van der Waals surface area (Å²) in [4.78, 5) is 28.2. The lowest BCUT2D eigenvalue weighted by atomic mass is 10.1. The third-order valence-electron chi connectivity index (χ3n) is 4.63. The van der Waals surface area contributed by atoms with Gasteiger partial charge in [-0.2, -0.15) is 0 Å².